The second-order valence-corrected chi connectivity index (χ2v) is 12.5. The number of hydrogen-bond donors (Lipinski definition) is 7. The third kappa shape index (κ3) is 6.00. The van der Waals surface area contributed by atoms with Gasteiger partial charge in [0.15, 0.2) is 12.1 Å². The van der Waals surface area contributed by atoms with Gasteiger partial charge in [0.05, 0.1) is 17.6 Å². The van der Waals surface area contributed by atoms with Gasteiger partial charge in [-0.3, -0.25) is 4.52 Å². The van der Waals surface area contributed by atoms with Gasteiger partial charge in [-0.25, -0.2) is 33.6 Å². The van der Waals surface area contributed by atoms with Gasteiger partial charge in [0.2, 0.25) is 0 Å². The average Bonchev–Trinajstić information content (AvgIpc) is 3.27. The van der Waals surface area contributed by atoms with Gasteiger partial charge in [0.1, 0.15) is 35.6 Å². The lowest BCUT2D eigenvalue weighted by molar-refractivity contribution is -0.0946. The van der Waals surface area contributed by atoms with Crippen molar-refractivity contribution < 1.29 is 61.4 Å². The molecule has 0 amide bonds. The summed E-state index contributed by atoms with van der Waals surface area (Å²) in [6.45, 7) is 0.199. The third-order valence-corrected chi connectivity index (χ3v) is 9.07. The van der Waals surface area contributed by atoms with Crippen molar-refractivity contribution in [3.63, 3.8) is 0 Å². The first-order chi connectivity index (χ1) is 17.5. The first-order valence-corrected chi connectivity index (χ1v) is 14.8. The molecule has 1 fully saturated rings. The zero-order valence-corrected chi connectivity index (χ0v) is 21.7. The second-order valence-electron chi connectivity index (χ2n) is 8.06. The Kier molecular flexibility index (Phi) is 7.63. The maximum atomic E-state index is 12.1. The molecule has 22 heteroatoms. The van der Waals surface area contributed by atoms with E-state index >= 15 is 0 Å². The van der Waals surface area contributed by atoms with Crippen LogP contribution in [0.1, 0.15) is 13.2 Å². The minimum absolute atomic E-state index is 0.0543. The van der Waals surface area contributed by atoms with Crippen LogP contribution in [0, 0.1) is 0 Å². The van der Waals surface area contributed by atoms with Crippen molar-refractivity contribution >= 4 is 40.3 Å². The van der Waals surface area contributed by atoms with Gasteiger partial charge < -0.3 is 44.8 Å². The van der Waals surface area contributed by atoms with E-state index in [1.165, 1.54) is 30.1 Å². The van der Waals surface area contributed by atoms with Crippen LogP contribution in [-0.2, 0) is 31.6 Å². The average molecular weight is 598 g/mol. The maximum absolute atomic E-state index is 12.1. The van der Waals surface area contributed by atoms with Crippen molar-refractivity contribution in [1.29, 1.82) is 0 Å². The minimum Gasteiger partial charge on any atom is -0.387 e. The lowest BCUT2D eigenvalue weighted by Crippen LogP contribution is -2.44. The van der Waals surface area contributed by atoms with Crippen LogP contribution in [0.2, 0.25) is 0 Å². The predicted octanol–water partition coefficient (Wildman–Crippen LogP) is -0.177. The summed E-state index contributed by atoms with van der Waals surface area (Å²) in [6, 6.07) is 1.59. The highest BCUT2D eigenvalue weighted by Crippen LogP contribution is 2.66. The van der Waals surface area contributed by atoms with Crippen LogP contribution >= 0.6 is 23.5 Å². The van der Waals surface area contributed by atoms with Crippen molar-refractivity contribution in [1.82, 2.24) is 24.5 Å². The van der Waals surface area contributed by atoms with Crippen LogP contribution < -0.4 is 5.73 Å². The van der Waals surface area contributed by atoms with E-state index < -0.39 is 54.1 Å². The maximum Gasteiger partial charge on any atom is 0.490 e. The summed E-state index contributed by atoms with van der Waals surface area (Å²) in [4.78, 5) is 52.7. The van der Waals surface area contributed by atoms with Gasteiger partial charge in [-0.05, 0) is 13.0 Å². The Bertz CT molecular complexity index is 1480. The molecule has 2 unspecified atom stereocenters. The molecule has 1 aliphatic rings. The summed E-state index contributed by atoms with van der Waals surface area (Å²) >= 11 is 0. The normalized spacial score (nSPS) is 27.3. The van der Waals surface area contributed by atoms with E-state index in [0.29, 0.717) is 10.9 Å². The molecule has 4 rings (SSSR count). The van der Waals surface area contributed by atoms with Gasteiger partial charge in [-0.2, -0.15) is 8.62 Å². The highest BCUT2D eigenvalue weighted by Gasteiger charge is 2.54. The summed E-state index contributed by atoms with van der Waals surface area (Å²) in [5.74, 6) is 0.291. The monoisotopic (exact) mass is 598 g/mol. The number of phosphoric ester groups is 1. The summed E-state index contributed by atoms with van der Waals surface area (Å²) in [5, 5.41) is 22.1. The molecule has 4 heterocycles. The number of nitrogens with zero attached hydrogens (tertiary/aromatic N) is 5. The molecular formula is C16H21N6O13P3. The molecule has 0 aliphatic carbocycles. The molecule has 3 aromatic heterocycles. The second kappa shape index (κ2) is 10.1. The number of fused-ring (bicyclic) bond motifs is 1. The van der Waals surface area contributed by atoms with E-state index in [1.54, 1.807) is 6.07 Å². The lowest BCUT2D eigenvalue weighted by atomic mass is 9.96. The number of nitrogens with two attached hydrogens (primary N) is 1. The van der Waals surface area contributed by atoms with Crippen molar-refractivity contribution in [2.75, 3.05) is 12.3 Å². The molecule has 0 aromatic carbocycles. The molecule has 1 aliphatic heterocycles. The van der Waals surface area contributed by atoms with Crippen LogP contribution in [0.25, 0.3) is 22.4 Å². The molecular weight excluding hydrogens is 577 g/mol. The molecule has 0 bridgehead atoms. The molecule has 208 valence electrons. The fraction of sp³-hybridized carbons (Fsp3) is 0.375. The standard InChI is InChI=1S/C16H21N6O13P3/c1-16(24)11(23)9(6-32-37(28,29)35-38(30,31)34-36(25,26)27)33-15(16)22-5-8(13-18-3-2-4-19-13)10-12(17)20-7-21-14(10)22/h2-5,7,9,11,15,23-24H,6H2,1H3,(H,28,29)(H,30,31)(H2,17,20,21)(H2,25,26,27)/t9-,11-,15-,16-/m1/s1. The van der Waals surface area contributed by atoms with Crippen molar-refractivity contribution in [2.45, 2.75) is 31.0 Å². The number of aliphatic hydroxyl groups excluding tert-OH is 1. The molecule has 1 saturated heterocycles. The van der Waals surface area contributed by atoms with Crippen molar-refractivity contribution in [3.8, 4) is 11.4 Å². The first-order valence-electron chi connectivity index (χ1n) is 10.2. The zero-order chi connectivity index (χ0) is 28.1. The Morgan fingerprint density at radius 2 is 1.74 bits per heavy atom. The summed E-state index contributed by atoms with van der Waals surface area (Å²) in [5.41, 5.74) is 4.49. The molecule has 0 radical (unpaired) electrons. The highest BCUT2D eigenvalue weighted by atomic mass is 31.3. The van der Waals surface area contributed by atoms with Gasteiger partial charge >= 0.3 is 23.5 Å². The fourth-order valence-electron chi connectivity index (χ4n) is 3.74. The van der Waals surface area contributed by atoms with Crippen LogP contribution in [-0.4, -0.2) is 78.7 Å². The zero-order valence-electron chi connectivity index (χ0n) is 19.0. The topological polar surface area (TPSA) is 292 Å². The largest absolute Gasteiger partial charge is 0.490 e. The summed E-state index contributed by atoms with van der Waals surface area (Å²) in [6.07, 6.45) is 0.854. The van der Waals surface area contributed by atoms with Crippen molar-refractivity contribution in [3.05, 3.63) is 31.0 Å². The first kappa shape index (κ1) is 28.8. The van der Waals surface area contributed by atoms with E-state index in [-0.39, 0.29) is 17.3 Å². The lowest BCUT2D eigenvalue weighted by Gasteiger charge is -2.27. The Morgan fingerprint density at radius 1 is 1.08 bits per heavy atom. The quantitative estimate of drug-likeness (QED) is 0.157. The molecule has 3 aromatic rings. The number of aromatic nitrogens is 5. The van der Waals surface area contributed by atoms with E-state index in [0.717, 1.165) is 6.33 Å². The highest BCUT2D eigenvalue weighted by molar-refractivity contribution is 7.66. The van der Waals surface area contributed by atoms with E-state index in [1.807, 2.05) is 0 Å². The van der Waals surface area contributed by atoms with Gasteiger partial charge in [-0.1, -0.05) is 0 Å². The van der Waals surface area contributed by atoms with Crippen LogP contribution in [0.15, 0.2) is 31.0 Å². The number of ether oxygens (including phenoxy) is 1. The van der Waals surface area contributed by atoms with Gasteiger partial charge in [0.25, 0.3) is 0 Å². The number of phosphoric acid groups is 3. The van der Waals surface area contributed by atoms with Gasteiger partial charge in [-0.15, -0.1) is 0 Å². The summed E-state index contributed by atoms with van der Waals surface area (Å²) < 4.78 is 53.2. The minimum atomic E-state index is -5.75. The Labute approximate surface area is 212 Å². The van der Waals surface area contributed by atoms with Crippen LogP contribution in [0.4, 0.5) is 5.82 Å². The number of rotatable bonds is 9. The molecule has 8 N–H and O–H groups in total. The molecule has 38 heavy (non-hydrogen) atoms. The third-order valence-electron chi connectivity index (χ3n) is 5.27. The van der Waals surface area contributed by atoms with Crippen LogP contribution in [0.5, 0.6) is 0 Å². The number of anilines is 1. The molecule has 6 atom stereocenters. The number of nitrogen functional groups attached to an aromatic ring is 1. The molecule has 19 nitrogen and oxygen atoms in total. The summed E-state index contributed by atoms with van der Waals surface area (Å²) in [7, 11) is -16.8. The predicted molar refractivity (Wildman–Crippen MR) is 123 cm³/mol. The molecule has 0 saturated carbocycles. The van der Waals surface area contributed by atoms with E-state index in [4.69, 9.17) is 20.3 Å². The van der Waals surface area contributed by atoms with Crippen LogP contribution in [0.3, 0.4) is 0 Å². The van der Waals surface area contributed by atoms with E-state index in [9.17, 15) is 33.7 Å². The Morgan fingerprint density at radius 3 is 2.37 bits per heavy atom. The number of aliphatic hydroxyl groups is 2. The smallest absolute Gasteiger partial charge is 0.387 e. The number of hydrogen-bond acceptors (Lipinski definition) is 14. The Balaban J connectivity index is 1.60. The fourth-order valence-corrected chi connectivity index (χ4v) is 6.77. The van der Waals surface area contributed by atoms with Gasteiger partial charge in [0, 0.05) is 18.6 Å². The molecule has 0 spiro atoms. The SMILES string of the molecule is C[C@@]1(O)[C@H](O)[C@@H](COP(=O)(O)OP(=O)(O)OP(=O)(O)O)O[C@H]1n1cc(-c2ncccn2)c2c(N)ncnc21. The van der Waals surface area contributed by atoms with E-state index in [2.05, 4.69) is 33.1 Å². The Hall–Kier alpha value is -2.21. The van der Waals surface area contributed by atoms with Crippen molar-refractivity contribution in [2.24, 2.45) is 0 Å².